The first-order valence-corrected chi connectivity index (χ1v) is 4.89. The second-order valence-electron chi connectivity index (χ2n) is 3.77. The zero-order valence-corrected chi connectivity index (χ0v) is 8.70. The minimum Gasteiger partial charge on any atom is -0.332 e. The van der Waals surface area contributed by atoms with E-state index in [2.05, 4.69) is 30.3 Å². The Kier molecular flexibility index (Phi) is 3.48. The van der Waals surface area contributed by atoms with Crippen molar-refractivity contribution in [3.63, 3.8) is 0 Å². The largest absolute Gasteiger partial charge is 0.332 e. The Morgan fingerprint density at radius 1 is 1.46 bits per heavy atom. The summed E-state index contributed by atoms with van der Waals surface area (Å²) in [5.74, 6) is 1.64. The van der Waals surface area contributed by atoms with Crippen LogP contribution in [0.25, 0.3) is 0 Å². The van der Waals surface area contributed by atoms with Gasteiger partial charge in [0.05, 0.1) is 0 Å². The molecule has 0 spiro atoms. The predicted octanol–water partition coefficient (Wildman–Crippen LogP) is 1.92. The van der Waals surface area contributed by atoms with Gasteiger partial charge in [0.15, 0.2) is 0 Å². The van der Waals surface area contributed by atoms with Gasteiger partial charge in [0.25, 0.3) is 0 Å². The fourth-order valence-corrected chi connectivity index (χ4v) is 1.52. The Morgan fingerprint density at radius 2 is 2.15 bits per heavy atom. The van der Waals surface area contributed by atoms with Crippen LogP contribution in [0.4, 0.5) is 0 Å². The number of rotatable bonds is 4. The lowest BCUT2D eigenvalue weighted by atomic mass is 10.1. The van der Waals surface area contributed by atoms with Crippen molar-refractivity contribution in [2.24, 2.45) is 5.73 Å². The average molecular weight is 181 g/mol. The monoisotopic (exact) mass is 181 g/mol. The Bertz CT molecular complexity index is 252. The fraction of sp³-hybridized carbons (Fsp3) is 0.700. The molecule has 13 heavy (non-hydrogen) atoms. The molecule has 1 aromatic rings. The molecular formula is C10H19N3. The molecule has 0 fully saturated rings. The molecule has 1 unspecified atom stereocenters. The highest BCUT2D eigenvalue weighted by molar-refractivity contribution is 4.99. The SMILES string of the molecule is CC(C)c1nccn1C(C)CCN. The lowest BCUT2D eigenvalue weighted by molar-refractivity contribution is 0.484. The van der Waals surface area contributed by atoms with Gasteiger partial charge in [0.1, 0.15) is 5.82 Å². The molecular weight excluding hydrogens is 162 g/mol. The molecule has 74 valence electrons. The first-order valence-electron chi connectivity index (χ1n) is 4.89. The summed E-state index contributed by atoms with van der Waals surface area (Å²) in [5.41, 5.74) is 5.53. The van der Waals surface area contributed by atoms with E-state index in [1.54, 1.807) is 0 Å². The van der Waals surface area contributed by atoms with E-state index in [0.29, 0.717) is 12.0 Å². The number of nitrogens with zero attached hydrogens (tertiary/aromatic N) is 2. The van der Waals surface area contributed by atoms with Gasteiger partial charge in [-0.2, -0.15) is 0 Å². The van der Waals surface area contributed by atoms with Gasteiger partial charge in [-0.25, -0.2) is 4.98 Å². The average Bonchev–Trinajstić information content (AvgIpc) is 2.52. The molecule has 0 bridgehead atoms. The molecule has 1 rings (SSSR count). The Morgan fingerprint density at radius 3 is 2.69 bits per heavy atom. The Balaban J connectivity index is 2.80. The van der Waals surface area contributed by atoms with E-state index in [-0.39, 0.29) is 0 Å². The van der Waals surface area contributed by atoms with Crippen molar-refractivity contribution in [1.82, 2.24) is 9.55 Å². The van der Waals surface area contributed by atoms with Crippen molar-refractivity contribution in [2.45, 2.75) is 39.2 Å². The van der Waals surface area contributed by atoms with Gasteiger partial charge in [-0.15, -0.1) is 0 Å². The van der Waals surface area contributed by atoms with Crippen molar-refractivity contribution >= 4 is 0 Å². The van der Waals surface area contributed by atoms with E-state index < -0.39 is 0 Å². The first-order chi connectivity index (χ1) is 6.16. The molecule has 0 aliphatic rings. The summed E-state index contributed by atoms with van der Waals surface area (Å²) in [6.45, 7) is 7.24. The van der Waals surface area contributed by atoms with Gasteiger partial charge in [-0.3, -0.25) is 0 Å². The minimum atomic E-state index is 0.463. The van der Waals surface area contributed by atoms with Crippen molar-refractivity contribution in [3.05, 3.63) is 18.2 Å². The quantitative estimate of drug-likeness (QED) is 0.771. The number of aromatic nitrogens is 2. The standard InChI is InChI=1S/C10H19N3/c1-8(2)10-12-6-7-13(10)9(3)4-5-11/h6-9H,4-5,11H2,1-3H3. The van der Waals surface area contributed by atoms with Gasteiger partial charge in [0.2, 0.25) is 0 Å². The molecule has 0 saturated carbocycles. The van der Waals surface area contributed by atoms with Crippen LogP contribution in [0, 0.1) is 0 Å². The van der Waals surface area contributed by atoms with Crippen LogP contribution in [0.5, 0.6) is 0 Å². The summed E-state index contributed by atoms with van der Waals surface area (Å²) in [6, 6.07) is 0.463. The molecule has 3 nitrogen and oxygen atoms in total. The third-order valence-electron chi connectivity index (χ3n) is 2.27. The van der Waals surface area contributed by atoms with Crippen molar-refractivity contribution in [1.29, 1.82) is 0 Å². The molecule has 0 saturated heterocycles. The molecule has 1 heterocycles. The van der Waals surface area contributed by atoms with Crippen LogP contribution in [0.1, 0.15) is 45.0 Å². The number of hydrogen-bond acceptors (Lipinski definition) is 2. The summed E-state index contributed by atoms with van der Waals surface area (Å²) in [6.07, 6.45) is 4.91. The lowest BCUT2D eigenvalue weighted by Gasteiger charge is -2.16. The minimum absolute atomic E-state index is 0.463. The van der Waals surface area contributed by atoms with Crippen molar-refractivity contribution in [3.8, 4) is 0 Å². The van der Waals surface area contributed by atoms with E-state index >= 15 is 0 Å². The zero-order chi connectivity index (χ0) is 9.84. The van der Waals surface area contributed by atoms with Gasteiger partial charge in [0, 0.05) is 24.4 Å². The van der Waals surface area contributed by atoms with Gasteiger partial charge in [-0.05, 0) is 19.9 Å². The highest BCUT2D eigenvalue weighted by atomic mass is 15.1. The third-order valence-corrected chi connectivity index (χ3v) is 2.27. The molecule has 0 aromatic carbocycles. The van der Waals surface area contributed by atoms with Crippen molar-refractivity contribution in [2.75, 3.05) is 6.54 Å². The van der Waals surface area contributed by atoms with E-state index in [4.69, 9.17) is 5.73 Å². The van der Waals surface area contributed by atoms with Gasteiger partial charge in [-0.1, -0.05) is 13.8 Å². The van der Waals surface area contributed by atoms with E-state index in [0.717, 1.165) is 18.8 Å². The van der Waals surface area contributed by atoms with Crippen LogP contribution in [-0.2, 0) is 0 Å². The van der Waals surface area contributed by atoms with Gasteiger partial charge < -0.3 is 10.3 Å². The molecule has 3 heteroatoms. The maximum absolute atomic E-state index is 5.53. The molecule has 1 atom stereocenters. The zero-order valence-electron chi connectivity index (χ0n) is 8.70. The van der Waals surface area contributed by atoms with E-state index in [1.807, 2.05) is 12.4 Å². The van der Waals surface area contributed by atoms with E-state index in [1.165, 1.54) is 0 Å². The van der Waals surface area contributed by atoms with Crippen LogP contribution in [-0.4, -0.2) is 16.1 Å². The van der Waals surface area contributed by atoms with Crippen LogP contribution in [0.15, 0.2) is 12.4 Å². The third kappa shape index (κ3) is 2.31. The second kappa shape index (κ2) is 4.42. The predicted molar refractivity (Wildman–Crippen MR) is 54.7 cm³/mol. The van der Waals surface area contributed by atoms with E-state index in [9.17, 15) is 0 Å². The summed E-state index contributed by atoms with van der Waals surface area (Å²) >= 11 is 0. The number of nitrogens with two attached hydrogens (primary N) is 1. The maximum atomic E-state index is 5.53. The summed E-state index contributed by atoms with van der Waals surface area (Å²) in [7, 11) is 0. The Hall–Kier alpha value is -0.830. The summed E-state index contributed by atoms with van der Waals surface area (Å²) in [5, 5.41) is 0. The first kappa shape index (κ1) is 10.3. The van der Waals surface area contributed by atoms with Crippen LogP contribution >= 0.6 is 0 Å². The fourth-order valence-electron chi connectivity index (χ4n) is 1.52. The Labute approximate surface area is 80.0 Å². The lowest BCUT2D eigenvalue weighted by Crippen LogP contribution is -2.13. The molecule has 1 aromatic heterocycles. The number of hydrogen-bond donors (Lipinski definition) is 1. The smallest absolute Gasteiger partial charge is 0.111 e. The molecule has 0 amide bonds. The van der Waals surface area contributed by atoms with Crippen LogP contribution < -0.4 is 5.73 Å². The molecule has 0 aliphatic carbocycles. The molecule has 2 N–H and O–H groups in total. The molecule has 0 aliphatic heterocycles. The molecule has 0 radical (unpaired) electrons. The topological polar surface area (TPSA) is 43.8 Å². The van der Waals surface area contributed by atoms with Crippen molar-refractivity contribution < 1.29 is 0 Å². The van der Waals surface area contributed by atoms with Crippen LogP contribution in [0.3, 0.4) is 0 Å². The number of imidazole rings is 1. The maximum Gasteiger partial charge on any atom is 0.111 e. The second-order valence-corrected chi connectivity index (χ2v) is 3.77. The van der Waals surface area contributed by atoms with Crippen LogP contribution in [0.2, 0.25) is 0 Å². The highest BCUT2D eigenvalue weighted by Crippen LogP contribution is 2.18. The van der Waals surface area contributed by atoms with Gasteiger partial charge >= 0.3 is 0 Å². The summed E-state index contributed by atoms with van der Waals surface area (Å²) in [4.78, 5) is 4.34. The normalized spacial score (nSPS) is 13.6. The summed E-state index contributed by atoms with van der Waals surface area (Å²) < 4.78 is 2.22. The highest BCUT2D eigenvalue weighted by Gasteiger charge is 2.11.